The molecule has 3 aromatic rings. The number of halogens is 2. The highest BCUT2D eigenvalue weighted by molar-refractivity contribution is 5.79. The van der Waals surface area contributed by atoms with E-state index in [0.717, 1.165) is 22.5 Å². The highest BCUT2D eigenvalue weighted by atomic mass is 19.1. The number of pyridine rings is 1. The summed E-state index contributed by atoms with van der Waals surface area (Å²) in [4.78, 5) is 4.26. The summed E-state index contributed by atoms with van der Waals surface area (Å²) in [6.45, 7) is 1.59. The van der Waals surface area contributed by atoms with Gasteiger partial charge >= 0.3 is 0 Å². The molecule has 21 heavy (non-hydrogen) atoms. The molecule has 0 amide bonds. The average molecular weight is 284 g/mol. The van der Waals surface area contributed by atoms with Crippen LogP contribution in [0.25, 0.3) is 10.9 Å². The molecule has 0 fully saturated rings. The molecular formula is C17H14F2N2. The minimum Gasteiger partial charge on any atom is -0.320 e. The van der Waals surface area contributed by atoms with Gasteiger partial charge in [0.25, 0.3) is 0 Å². The number of benzene rings is 2. The van der Waals surface area contributed by atoms with Crippen molar-refractivity contribution in [1.29, 1.82) is 0 Å². The zero-order valence-electron chi connectivity index (χ0n) is 11.5. The van der Waals surface area contributed by atoms with Crippen LogP contribution in [0.5, 0.6) is 0 Å². The monoisotopic (exact) mass is 284 g/mol. The van der Waals surface area contributed by atoms with E-state index in [-0.39, 0.29) is 5.56 Å². The van der Waals surface area contributed by atoms with Gasteiger partial charge in [0.05, 0.1) is 11.6 Å². The normalized spacial score (nSPS) is 12.6. The number of rotatable bonds is 2. The Morgan fingerprint density at radius 3 is 2.67 bits per heavy atom. The van der Waals surface area contributed by atoms with Crippen molar-refractivity contribution in [3.05, 3.63) is 77.0 Å². The molecule has 2 aromatic carbocycles. The van der Waals surface area contributed by atoms with Gasteiger partial charge in [0, 0.05) is 23.2 Å². The lowest BCUT2D eigenvalue weighted by Crippen LogP contribution is -2.14. The summed E-state index contributed by atoms with van der Waals surface area (Å²) in [5, 5.41) is 0.990. The van der Waals surface area contributed by atoms with Crippen molar-refractivity contribution in [2.45, 2.75) is 13.0 Å². The van der Waals surface area contributed by atoms with Crippen molar-refractivity contribution >= 4 is 10.9 Å². The topological polar surface area (TPSA) is 38.9 Å². The van der Waals surface area contributed by atoms with Crippen LogP contribution < -0.4 is 5.73 Å². The molecule has 0 aliphatic rings. The molecule has 0 bridgehead atoms. The lowest BCUT2D eigenvalue weighted by molar-refractivity contribution is 0.561. The Hall–Kier alpha value is -2.33. The lowest BCUT2D eigenvalue weighted by atomic mass is 9.96. The highest BCUT2D eigenvalue weighted by Gasteiger charge is 2.16. The lowest BCUT2D eigenvalue weighted by Gasteiger charge is -2.15. The number of nitrogens with zero attached hydrogens (tertiary/aromatic N) is 1. The van der Waals surface area contributed by atoms with E-state index in [2.05, 4.69) is 4.98 Å². The van der Waals surface area contributed by atoms with Gasteiger partial charge in [0.15, 0.2) is 0 Å². The molecule has 2 nitrogen and oxygen atoms in total. The summed E-state index contributed by atoms with van der Waals surface area (Å²) < 4.78 is 27.3. The fraction of sp³-hybridized carbons (Fsp3) is 0.118. The Balaban J connectivity index is 2.07. The molecule has 1 aromatic heterocycles. The Morgan fingerprint density at radius 2 is 1.86 bits per heavy atom. The highest BCUT2D eigenvalue weighted by Crippen LogP contribution is 2.26. The van der Waals surface area contributed by atoms with Gasteiger partial charge < -0.3 is 5.73 Å². The van der Waals surface area contributed by atoms with Gasteiger partial charge in [-0.25, -0.2) is 8.78 Å². The Morgan fingerprint density at radius 1 is 1.05 bits per heavy atom. The molecule has 0 aliphatic carbocycles. The van der Waals surface area contributed by atoms with E-state index < -0.39 is 17.7 Å². The molecular weight excluding hydrogens is 270 g/mol. The number of nitrogens with two attached hydrogens (primary N) is 1. The van der Waals surface area contributed by atoms with Crippen molar-refractivity contribution in [1.82, 2.24) is 4.98 Å². The molecule has 2 N–H and O–H groups in total. The number of hydrogen-bond acceptors (Lipinski definition) is 2. The van der Waals surface area contributed by atoms with E-state index in [0.29, 0.717) is 5.56 Å². The van der Waals surface area contributed by atoms with E-state index >= 15 is 0 Å². The number of fused-ring (bicyclic) bond motifs is 1. The molecule has 4 heteroatoms. The van der Waals surface area contributed by atoms with E-state index in [1.165, 1.54) is 6.07 Å². The number of hydrogen-bond donors (Lipinski definition) is 1. The third-order valence-electron chi connectivity index (χ3n) is 3.60. The average Bonchev–Trinajstić information content (AvgIpc) is 2.50. The maximum absolute atomic E-state index is 13.9. The van der Waals surface area contributed by atoms with Crippen LogP contribution in [-0.2, 0) is 0 Å². The molecule has 1 unspecified atom stereocenters. The second kappa shape index (κ2) is 5.22. The van der Waals surface area contributed by atoms with Gasteiger partial charge in [-0.2, -0.15) is 0 Å². The quantitative estimate of drug-likeness (QED) is 0.776. The molecule has 1 heterocycles. The second-order valence-corrected chi connectivity index (χ2v) is 5.06. The second-order valence-electron chi connectivity index (χ2n) is 5.06. The Bertz CT molecular complexity index is 815. The maximum Gasteiger partial charge on any atom is 0.131 e. The van der Waals surface area contributed by atoms with E-state index in [9.17, 15) is 8.78 Å². The smallest absolute Gasteiger partial charge is 0.131 e. The number of aromatic nitrogens is 1. The van der Waals surface area contributed by atoms with Gasteiger partial charge in [-0.15, -0.1) is 0 Å². The van der Waals surface area contributed by atoms with Crippen LogP contribution in [0, 0.1) is 18.6 Å². The third kappa shape index (κ3) is 2.50. The third-order valence-corrected chi connectivity index (χ3v) is 3.60. The molecule has 0 saturated heterocycles. The summed E-state index contributed by atoms with van der Waals surface area (Å²) >= 11 is 0. The predicted molar refractivity (Wildman–Crippen MR) is 78.9 cm³/mol. The molecule has 3 rings (SSSR count). The minimum absolute atomic E-state index is 0.282. The van der Waals surface area contributed by atoms with Crippen LogP contribution in [0.2, 0.25) is 0 Å². The van der Waals surface area contributed by atoms with Crippen LogP contribution in [0.1, 0.15) is 22.7 Å². The zero-order valence-corrected chi connectivity index (χ0v) is 11.5. The predicted octanol–water partition coefficient (Wildman–Crippen LogP) is 3.87. The summed E-state index contributed by atoms with van der Waals surface area (Å²) in [6, 6.07) is 11.0. The molecule has 0 aliphatic heterocycles. The number of aryl methyl sites for hydroxylation is 1. The summed E-state index contributed by atoms with van der Waals surface area (Å²) in [5.74, 6) is -1.20. The van der Waals surface area contributed by atoms with E-state index in [1.54, 1.807) is 13.1 Å². The van der Waals surface area contributed by atoms with Crippen molar-refractivity contribution in [2.75, 3.05) is 0 Å². The molecule has 0 spiro atoms. The largest absolute Gasteiger partial charge is 0.320 e. The van der Waals surface area contributed by atoms with Crippen LogP contribution in [0.4, 0.5) is 8.78 Å². The standard InChI is InChI=1S/C17H14F2N2/c1-10-7-13(15(19)9-14(10)18)17(20)12-5-4-11-3-2-6-21-16(11)8-12/h2-9,17H,20H2,1H3. The SMILES string of the molecule is Cc1cc(C(N)c2ccc3cccnc3c2)c(F)cc1F. The van der Waals surface area contributed by atoms with Gasteiger partial charge in [-0.05, 0) is 36.2 Å². The van der Waals surface area contributed by atoms with Crippen LogP contribution in [-0.4, -0.2) is 4.98 Å². The van der Waals surface area contributed by atoms with E-state index in [4.69, 9.17) is 5.73 Å². The Labute approximate surface area is 121 Å². The first-order chi connectivity index (χ1) is 10.1. The van der Waals surface area contributed by atoms with Crippen molar-refractivity contribution in [2.24, 2.45) is 5.73 Å². The van der Waals surface area contributed by atoms with Gasteiger partial charge in [-0.3, -0.25) is 4.98 Å². The molecule has 0 saturated carbocycles. The maximum atomic E-state index is 13.9. The van der Waals surface area contributed by atoms with Gasteiger partial charge in [0.1, 0.15) is 11.6 Å². The first kappa shape index (κ1) is 13.6. The molecule has 1 atom stereocenters. The summed E-state index contributed by atoms with van der Waals surface area (Å²) in [7, 11) is 0. The molecule has 0 radical (unpaired) electrons. The van der Waals surface area contributed by atoms with Crippen LogP contribution in [0.3, 0.4) is 0 Å². The fourth-order valence-corrected chi connectivity index (χ4v) is 2.37. The van der Waals surface area contributed by atoms with Crippen LogP contribution in [0.15, 0.2) is 48.7 Å². The first-order valence-electron chi connectivity index (χ1n) is 6.62. The fourth-order valence-electron chi connectivity index (χ4n) is 2.37. The van der Waals surface area contributed by atoms with Crippen molar-refractivity contribution < 1.29 is 8.78 Å². The summed E-state index contributed by atoms with van der Waals surface area (Å²) in [5.41, 5.74) is 8.33. The van der Waals surface area contributed by atoms with Gasteiger partial charge in [0.2, 0.25) is 0 Å². The molecule has 106 valence electrons. The minimum atomic E-state index is -0.657. The zero-order chi connectivity index (χ0) is 15.0. The van der Waals surface area contributed by atoms with E-state index in [1.807, 2.05) is 30.3 Å². The van der Waals surface area contributed by atoms with Crippen molar-refractivity contribution in [3.8, 4) is 0 Å². The summed E-state index contributed by atoms with van der Waals surface area (Å²) in [6.07, 6.45) is 1.69. The van der Waals surface area contributed by atoms with Crippen LogP contribution >= 0.6 is 0 Å². The van der Waals surface area contributed by atoms with Gasteiger partial charge in [-0.1, -0.05) is 18.2 Å². The Kier molecular flexibility index (Phi) is 3.39. The van der Waals surface area contributed by atoms with Crippen molar-refractivity contribution in [3.63, 3.8) is 0 Å². The first-order valence-corrected chi connectivity index (χ1v) is 6.62.